The largest absolute Gasteiger partial charge is 0.481 e. The van der Waals surface area contributed by atoms with Gasteiger partial charge in [0.25, 0.3) is 0 Å². The molecule has 6 heteroatoms. The highest BCUT2D eigenvalue weighted by molar-refractivity contribution is 7.99. The lowest BCUT2D eigenvalue weighted by Gasteiger charge is -2.17. The molecule has 2 aliphatic rings. The van der Waals surface area contributed by atoms with Crippen molar-refractivity contribution in [2.75, 3.05) is 44.2 Å². The minimum Gasteiger partial charge on any atom is -0.481 e. The number of carboxylic acids is 1. The van der Waals surface area contributed by atoms with E-state index in [1.807, 2.05) is 30.3 Å². The van der Waals surface area contributed by atoms with Gasteiger partial charge in [-0.3, -0.25) is 9.59 Å². The van der Waals surface area contributed by atoms with Crippen LogP contribution in [0.5, 0.6) is 0 Å². The van der Waals surface area contributed by atoms with Crippen molar-refractivity contribution in [3.63, 3.8) is 0 Å². The molecule has 3 rings (SSSR count). The molecule has 0 bridgehead atoms. The Bertz CT molecular complexity index is 590. The van der Waals surface area contributed by atoms with Crippen LogP contribution in [0.4, 0.5) is 0 Å². The molecule has 0 spiro atoms. The van der Waals surface area contributed by atoms with Crippen LogP contribution >= 0.6 is 11.8 Å². The number of thioether (sulfide) groups is 1. The van der Waals surface area contributed by atoms with Crippen LogP contribution in [0.15, 0.2) is 30.3 Å². The van der Waals surface area contributed by atoms with E-state index in [1.54, 1.807) is 16.7 Å². The quantitative estimate of drug-likeness (QED) is 0.753. The lowest BCUT2D eigenvalue weighted by molar-refractivity contribution is -0.141. The fraction of sp³-hybridized carbons (Fsp3) is 0.579. The van der Waals surface area contributed by atoms with Crippen LogP contribution in [0.25, 0.3) is 0 Å². The molecule has 2 fully saturated rings. The lowest BCUT2D eigenvalue weighted by atomic mass is 9.89. The van der Waals surface area contributed by atoms with Gasteiger partial charge in [0.15, 0.2) is 0 Å². The van der Waals surface area contributed by atoms with E-state index in [1.165, 1.54) is 25.9 Å². The first-order valence-electron chi connectivity index (χ1n) is 9.01. The molecule has 0 saturated carbocycles. The standard InChI is InChI=1S/C19H26N2O3S/c22-18(14-25-11-10-20-8-4-5-9-20)21-12-16(17(13-21)19(23)24)15-6-2-1-3-7-15/h1-3,6-7,16-17H,4-5,8-14H2,(H,23,24)/t16-,17+/m0/s1. The van der Waals surface area contributed by atoms with Gasteiger partial charge in [0.2, 0.25) is 5.91 Å². The maximum absolute atomic E-state index is 12.5. The Labute approximate surface area is 153 Å². The van der Waals surface area contributed by atoms with Gasteiger partial charge in [0, 0.05) is 31.3 Å². The molecular formula is C19H26N2O3S. The summed E-state index contributed by atoms with van der Waals surface area (Å²) in [5.41, 5.74) is 1.01. The predicted octanol–water partition coefficient (Wildman–Crippen LogP) is 2.14. The third kappa shape index (κ3) is 4.76. The summed E-state index contributed by atoms with van der Waals surface area (Å²) in [5.74, 6) is 0.0336. The zero-order chi connectivity index (χ0) is 17.6. The van der Waals surface area contributed by atoms with E-state index in [2.05, 4.69) is 4.90 Å². The summed E-state index contributed by atoms with van der Waals surface area (Å²) in [5, 5.41) is 9.53. The molecule has 1 amide bonds. The van der Waals surface area contributed by atoms with E-state index in [4.69, 9.17) is 0 Å². The van der Waals surface area contributed by atoms with Crippen LogP contribution in [0.2, 0.25) is 0 Å². The molecule has 0 aliphatic carbocycles. The fourth-order valence-electron chi connectivity index (χ4n) is 3.75. The number of carboxylic acid groups (broad SMARTS) is 1. The van der Waals surface area contributed by atoms with Crippen molar-refractivity contribution in [1.29, 1.82) is 0 Å². The van der Waals surface area contributed by atoms with Crippen LogP contribution in [0.1, 0.15) is 24.3 Å². The number of amides is 1. The number of rotatable bonds is 7. The van der Waals surface area contributed by atoms with Crippen molar-refractivity contribution in [3.05, 3.63) is 35.9 Å². The van der Waals surface area contributed by atoms with Crippen LogP contribution in [-0.2, 0) is 9.59 Å². The van der Waals surface area contributed by atoms with Crippen molar-refractivity contribution in [2.24, 2.45) is 5.92 Å². The number of hydrogen-bond acceptors (Lipinski definition) is 4. The molecular weight excluding hydrogens is 336 g/mol. The highest BCUT2D eigenvalue weighted by Gasteiger charge is 2.40. The number of likely N-dealkylation sites (tertiary alicyclic amines) is 2. The molecule has 2 atom stereocenters. The van der Waals surface area contributed by atoms with Gasteiger partial charge in [0.05, 0.1) is 11.7 Å². The van der Waals surface area contributed by atoms with E-state index >= 15 is 0 Å². The second-order valence-electron chi connectivity index (χ2n) is 6.86. The van der Waals surface area contributed by atoms with Crippen LogP contribution in [0, 0.1) is 5.92 Å². The van der Waals surface area contributed by atoms with Crippen molar-refractivity contribution < 1.29 is 14.7 Å². The van der Waals surface area contributed by atoms with E-state index in [0.29, 0.717) is 18.8 Å². The van der Waals surface area contributed by atoms with Gasteiger partial charge in [-0.1, -0.05) is 30.3 Å². The molecule has 0 unspecified atom stereocenters. The van der Waals surface area contributed by atoms with Crippen molar-refractivity contribution in [1.82, 2.24) is 9.80 Å². The van der Waals surface area contributed by atoms with E-state index in [9.17, 15) is 14.7 Å². The van der Waals surface area contributed by atoms with Crippen LogP contribution < -0.4 is 0 Å². The molecule has 2 saturated heterocycles. The molecule has 1 aromatic rings. The summed E-state index contributed by atoms with van der Waals surface area (Å²) >= 11 is 1.66. The Balaban J connectivity index is 1.50. The van der Waals surface area contributed by atoms with Gasteiger partial charge in [-0.25, -0.2) is 0 Å². The van der Waals surface area contributed by atoms with Gasteiger partial charge in [-0.15, -0.1) is 0 Å². The summed E-state index contributed by atoms with van der Waals surface area (Å²) < 4.78 is 0. The molecule has 136 valence electrons. The highest BCUT2D eigenvalue weighted by atomic mass is 32.2. The smallest absolute Gasteiger partial charge is 0.308 e. The van der Waals surface area contributed by atoms with Gasteiger partial charge in [0.1, 0.15) is 0 Å². The first-order chi connectivity index (χ1) is 12.1. The Hall–Kier alpha value is -1.53. The number of aliphatic carboxylic acids is 1. The number of benzene rings is 1. The minimum atomic E-state index is -0.814. The normalized spacial score (nSPS) is 23.9. The number of carbonyl (C=O) groups excluding carboxylic acids is 1. The molecule has 25 heavy (non-hydrogen) atoms. The second kappa shape index (κ2) is 8.72. The third-order valence-electron chi connectivity index (χ3n) is 5.19. The van der Waals surface area contributed by atoms with Gasteiger partial charge in [-0.2, -0.15) is 11.8 Å². The van der Waals surface area contributed by atoms with Crippen molar-refractivity contribution >= 4 is 23.6 Å². The molecule has 0 aromatic heterocycles. The van der Waals surface area contributed by atoms with E-state index in [0.717, 1.165) is 17.9 Å². The molecule has 2 heterocycles. The summed E-state index contributed by atoms with van der Waals surface area (Å²) in [6.07, 6.45) is 2.57. The average Bonchev–Trinajstić information content (AvgIpc) is 3.29. The SMILES string of the molecule is O=C(O)[C@@H]1CN(C(=O)CSCCN2CCCC2)C[C@H]1c1ccccc1. The maximum Gasteiger partial charge on any atom is 0.308 e. The molecule has 1 aromatic carbocycles. The summed E-state index contributed by atoms with van der Waals surface area (Å²) in [4.78, 5) is 28.3. The van der Waals surface area contributed by atoms with Gasteiger partial charge < -0.3 is 14.9 Å². The Kier molecular flexibility index (Phi) is 6.37. The number of carbonyl (C=O) groups is 2. The monoisotopic (exact) mass is 362 g/mol. The molecule has 0 radical (unpaired) electrons. The third-order valence-corrected chi connectivity index (χ3v) is 6.12. The molecule has 2 aliphatic heterocycles. The summed E-state index contributed by atoms with van der Waals surface area (Å²) in [6.45, 7) is 4.23. The average molecular weight is 362 g/mol. The zero-order valence-electron chi connectivity index (χ0n) is 14.5. The zero-order valence-corrected chi connectivity index (χ0v) is 15.3. The predicted molar refractivity (Wildman–Crippen MR) is 99.9 cm³/mol. The second-order valence-corrected chi connectivity index (χ2v) is 7.97. The first kappa shape index (κ1) is 18.3. The van der Waals surface area contributed by atoms with E-state index < -0.39 is 11.9 Å². The maximum atomic E-state index is 12.5. The Morgan fingerprint density at radius 2 is 1.84 bits per heavy atom. The Morgan fingerprint density at radius 3 is 2.52 bits per heavy atom. The summed E-state index contributed by atoms with van der Waals surface area (Å²) in [6, 6.07) is 9.69. The van der Waals surface area contributed by atoms with Gasteiger partial charge >= 0.3 is 5.97 Å². The molecule has 5 nitrogen and oxygen atoms in total. The highest BCUT2D eigenvalue weighted by Crippen LogP contribution is 2.33. The number of hydrogen-bond donors (Lipinski definition) is 1. The summed E-state index contributed by atoms with van der Waals surface area (Å²) in [7, 11) is 0. The van der Waals surface area contributed by atoms with Crippen molar-refractivity contribution in [2.45, 2.75) is 18.8 Å². The fourth-order valence-corrected chi connectivity index (χ4v) is 4.64. The van der Waals surface area contributed by atoms with Crippen molar-refractivity contribution in [3.8, 4) is 0 Å². The lowest BCUT2D eigenvalue weighted by Crippen LogP contribution is -2.31. The number of nitrogens with zero attached hydrogens (tertiary/aromatic N) is 2. The first-order valence-corrected chi connectivity index (χ1v) is 10.2. The minimum absolute atomic E-state index is 0.0658. The van der Waals surface area contributed by atoms with Gasteiger partial charge in [-0.05, 0) is 31.5 Å². The molecule has 1 N–H and O–H groups in total. The van der Waals surface area contributed by atoms with E-state index in [-0.39, 0.29) is 11.8 Å². The topological polar surface area (TPSA) is 60.9 Å². The Morgan fingerprint density at radius 1 is 1.12 bits per heavy atom. The van der Waals surface area contributed by atoms with Crippen LogP contribution in [0.3, 0.4) is 0 Å². The van der Waals surface area contributed by atoms with Crippen LogP contribution in [-0.4, -0.2) is 71.0 Å².